The second kappa shape index (κ2) is 11.9. The molecule has 2 N–H and O–H groups in total. The molecule has 0 heterocycles. The van der Waals surface area contributed by atoms with Crippen LogP contribution in [0, 0.1) is 5.92 Å². The Morgan fingerprint density at radius 2 is 1.57 bits per heavy atom. The van der Waals surface area contributed by atoms with E-state index in [1.165, 1.54) is 27.2 Å². The van der Waals surface area contributed by atoms with Crippen LogP contribution in [0.25, 0.3) is 11.1 Å². The summed E-state index contributed by atoms with van der Waals surface area (Å²) in [6.45, 7) is 5.76. The van der Waals surface area contributed by atoms with Crippen LogP contribution in [-0.2, 0) is 14.3 Å². The number of nitrogens with one attached hydrogen (secondary N) is 1. The van der Waals surface area contributed by atoms with Crippen LogP contribution in [0.1, 0.15) is 63.5 Å². The summed E-state index contributed by atoms with van der Waals surface area (Å²) in [6, 6.07) is 15.5. The lowest BCUT2D eigenvalue weighted by Crippen LogP contribution is -2.44. The molecule has 0 bridgehead atoms. The van der Waals surface area contributed by atoms with Crippen molar-refractivity contribution in [3.63, 3.8) is 0 Å². The molecule has 2 aromatic rings. The van der Waals surface area contributed by atoms with Gasteiger partial charge in [-0.1, -0.05) is 68.8 Å². The van der Waals surface area contributed by atoms with E-state index < -0.39 is 18.1 Å². The number of carbonyl (C=O) groups excluding carboxylic acids is 2. The third-order valence-corrected chi connectivity index (χ3v) is 6.89. The number of ether oxygens (including phenoxy) is 1. The first-order chi connectivity index (χ1) is 16.7. The molecule has 0 aliphatic heterocycles. The van der Waals surface area contributed by atoms with Crippen molar-refractivity contribution in [2.75, 3.05) is 13.7 Å². The molecule has 3 rings (SSSR count). The third-order valence-electron chi connectivity index (χ3n) is 6.89. The van der Waals surface area contributed by atoms with E-state index in [0.717, 1.165) is 6.42 Å². The average Bonchev–Trinajstić information content (AvgIpc) is 3.16. The summed E-state index contributed by atoms with van der Waals surface area (Å²) in [6.07, 6.45) is 1.97. The summed E-state index contributed by atoms with van der Waals surface area (Å²) in [5.41, 5.74) is 4.72. The molecule has 0 saturated carbocycles. The number of nitrogens with zero attached hydrogens (tertiary/aromatic N) is 1. The Hall–Kier alpha value is -3.35. The van der Waals surface area contributed by atoms with Gasteiger partial charge in [0.05, 0.1) is 0 Å². The molecule has 0 aromatic heterocycles. The number of benzene rings is 2. The quantitative estimate of drug-likeness (QED) is 0.470. The summed E-state index contributed by atoms with van der Waals surface area (Å²) in [5, 5.41) is 12.2. The SMILES string of the molecule is CCC(C(=O)O)N(C)C(=O)C(C)CCCC(C)NC(=O)OCC1c2ccccc2-c2ccccc21. The molecule has 35 heavy (non-hydrogen) atoms. The molecule has 0 radical (unpaired) electrons. The Labute approximate surface area is 207 Å². The van der Waals surface area contributed by atoms with Crippen LogP contribution < -0.4 is 5.32 Å². The summed E-state index contributed by atoms with van der Waals surface area (Å²) in [5.74, 6) is -1.42. The summed E-state index contributed by atoms with van der Waals surface area (Å²) in [4.78, 5) is 37.7. The number of carbonyl (C=O) groups is 3. The number of carboxylic acid groups (broad SMARTS) is 1. The largest absolute Gasteiger partial charge is 0.480 e. The predicted molar refractivity (Wildman–Crippen MR) is 135 cm³/mol. The van der Waals surface area contributed by atoms with Gasteiger partial charge in [-0.3, -0.25) is 4.79 Å². The van der Waals surface area contributed by atoms with E-state index in [2.05, 4.69) is 29.6 Å². The number of rotatable bonds is 11. The van der Waals surface area contributed by atoms with Crippen molar-refractivity contribution in [2.24, 2.45) is 5.92 Å². The van der Waals surface area contributed by atoms with Crippen molar-refractivity contribution in [1.29, 1.82) is 0 Å². The first-order valence-corrected chi connectivity index (χ1v) is 12.4. The zero-order valence-corrected chi connectivity index (χ0v) is 21.0. The van der Waals surface area contributed by atoms with Crippen molar-refractivity contribution in [2.45, 2.75) is 64.5 Å². The number of hydrogen-bond donors (Lipinski definition) is 2. The van der Waals surface area contributed by atoms with Crippen LogP contribution >= 0.6 is 0 Å². The number of alkyl carbamates (subject to hydrolysis) is 1. The predicted octanol–water partition coefficient (Wildman–Crippen LogP) is 5.04. The second-order valence-electron chi connectivity index (χ2n) is 9.41. The topological polar surface area (TPSA) is 95.9 Å². The molecule has 188 valence electrons. The number of carboxylic acids is 1. The van der Waals surface area contributed by atoms with Crippen molar-refractivity contribution in [3.8, 4) is 11.1 Å². The summed E-state index contributed by atoms with van der Waals surface area (Å²) >= 11 is 0. The minimum absolute atomic E-state index is 0.0186. The Balaban J connectivity index is 1.44. The molecule has 0 spiro atoms. The number of hydrogen-bond acceptors (Lipinski definition) is 4. The van der Waals surface area contributed by atoms with Crippen LogP contribution in [-0.4, -0.2) is 53.7 Å². The monoisotopic (exact) mass is 480 g/mol. The molecular weight excluding hydrogens is 444 g/mol. The van der Waals surface area contributed by atoms with E-state index in [-0.39, 0.29) is 30.4 Å². The van der Waals surface area contributed by atoms with Gasteiger partial charge in [0.15, 0.2) is 0 Å². The highest BCUT2D eigenvalue weighted by molar-refractivity contribution is 5.84. The van der Waals surface area contributed by atoms with E-state index in [0.29, 0.717) is 19.3 Å². The summed E-state index contributed by atoms with van der Waals surface area (Å²) in [7, 11) is 1.54. The molecule has 3 unspecified atom stereocenters. The van der Waals surface area contributed by atoms with E-state index in [1.54, 1.807) is 14.0 Å². The van der Waals surface area contributed by atoms with Gasteiger partial charge in [-0.05, 0) is 48.4 Å². The highest BCUT2D eigenvalue weighted by atomic mass is 16.5. The number of amides is 2. The Morgan fingerprint density at radius 3 is 2.11 bits per heavy atom. The molecule has 0 saturated heterocycles. The van der Waals surface area contributed by atoms with Crippen LogP contribution in [0.2, 0.25) is 0 Å². The Bertz CT molecular complexity index is 1010. The first kappa shape index (κ1) is 26.3. The van der Waals surface area contributed by atoms with Gasteiger partial charge in [-0.15, -0.1) is 0 Å². The third kappa shape index (κ3) is 6.21. The van der Waals surface area contributed by atoms with Crippen LogP contribution in [0.3, 0.4) is 0 Å². The lowest BCUT2D eigenvalue weighted by Gasteiger charge is -2.27. The second-order valence-corrected chi connectivity index (χ2v) is 9.41. The van der Waals surface area contributed by atoms with Gasteiger partial charge >= 0.3 is 12.1 Å². The maximum absolute atomic E-state index is 12.6. The van der Waals surface area contributed by atoms with Gasteiger partial charge in [0.25, 0.3) is 0 Å². The molecule has 7 nitrogen and oxygen atoms in total. The fourth-order valence-corrected chi connectivity index (χ4v) is 4.88. The van der Waals surface area contributed by atoms with Crippen molar-refractivity contribution < 1.29 is 24.2 Å². The van der Waals surface area contributed by atoms with Crippen molar-refractivity contribution in [3.05, 3.63) is 59.7 Å². The zero-order chi connectivity index (χ0) is 25.5. The number of fused-ring (bicyclic) bond motifs is 3. The number of aliphatic carboxylic acids is 1. The molecule has 3 atom stereocenters. The lowest BCUT2D eigenvalue weighted by molar-refractivity contribution is -0.150. The van der Waals surface area contributed by atoms with E-state index in [4.69, 9.17) is 4.74 Å². The van der Waals surface area contributed by atoms with Gasteiger partial charge in [-0.2, -0.15) is 0 Å². The number of likely N-dealkylation sites (N-methyl/N-ethyl adjacent to an activating group) is 1. The lowest BCUT2D eigenvalue weighted by atomic mass is 9.98. The average molecular weight is 481 g/mol. The molecule has 0 fully saturated rings. The minimum Gasteiger partial charge on any atom is -0.480 e. The fraction of sp³-hybridized carbons (Fsp3) is 0.464. The van der Waals surface area contributed by atoms with Crippen molar-refractivity contribution >= 4 is 18.0 Å². The van der Waals surface area contributed by atoms with Crippen LogP contribution in [0.5, 0.6) is 0 Å². The summed E-state index contributed by atoms with van der Waals surface area (Å²) < 4.78 is 5.60. The van der Waals surface area contributed by atoms with Gasteiger partial charge in [0.1, 0.15) is 12.6 Å². The smallest absolute Gasteiger partial charge is 0.407 e. The van der Waals surface area contributed by atoms with Gasteiger partial charge < -0.3 is 20.1 Å². The van der Waals surface area contributed by atoms with E-state index in [9.17, 15) is 19.5 Å². The molecular formula is C28H36N2O5. The normalized spacial score (nSPS) is 14.9. The highest BCUT2D eigenvalue weighted by Gasteiger charge is 2.29. The molecule has 7 heteroatoms. The van der Waals surface area contributed by atoms with Crippen LogP contribution in [0.4, 0.5) is 4.79 Å². The van der Waals surface area contributed by atoms with Gasteiger partial charge in [-0.25, -0.2) is 9.59 Å². The highest BCUT2D eigenvalue weighted by Crippen LogP contribution is 2.44. The minimum atomic E-state index is -0.989. The molecule has 1 aliphatic rings. The van der Waals surface area contributed by atoms with Crippen LogP contribution in [0.15, 0.2) is 48.5 Å². The van der Waals surface area contributed by atoms with E-state index >= 15 is 0 Å². The molecule has 1 aliphatic carbocycles. The fourth-order valence-electron chi connectivity index (χ4n) is 4.88. The van der Waals surface area contributed by atoms with Crippen molar-refractivity contribution in [1.82, 2.24) is 10.2 Å². The van der Waals surface area contributed by atoms with Gasteiger partial charge in [0.2, 0.25) is 5.91 Å². The Kier molecular flexibility index (Phi) is 8.90. The van der Waals surface area contributed by atoms with E-state index in [1.807, 2.05) is 38.1 Å². The Morgan fingerprint density at radius 1 is 1.00 bits per heavy atom. The molecule has 2 amide bonds. The standard InChI is InChI=1S/C28H36N2O5/c1-5-25(27(32)33)30(4)26(31)18(2)11-10-12-19(3)29-28(34)35-17-24-22-15-8-6-13-20(22)21-14-7-9-16-23(21)24/h6-9,13-16,18-19,24-25H,5,10-12,17H2,1-4H3,(H,29,34)(H,32,33). The molecule has 2 aromatic carbocycles. The van der Waals surface area contributed by atoms with Gasteiger partial charge in [0, 0.05) is 24.9 Å². The maximum atomic E-state index is 12.6. The first-order valence-electron chi connectivity index (χ1n) is 12.4. The zero-order valence-electron chi connectivity index (χ0n) is 21.0. The maximum Gasteiger partial charge on any atom is 0.407 e.